The van der Waals surface area contributed by atoms with Gasteiger partial charge in [0, 0.05) is 32.3 Å². The lowest BCUT2D eigenvalue weighted by Gasteiger charge is -2.42. The van der Waals surface area contributed by atoms with Crippen LogP contribution in [-0.2, 0) is 14.2 Å². The quantitative estimate of drug-likeness (QED) is 0.748. The number of nitrogens with one attached hydrogen (secondary N) is 1. The van der Waals surface area contributed by atoms with Crippen molar-refractivity contribution in [3.05, 3.63) is 0 Å². The molecule has 2 rings (SSSR count). The summed E-state index contributed by atoms with van der Waals surface area (Å²) in [5, 5.41) is 3.76. The van der Waals surface area contributed by atoms with E-state index in [1.165, 1.54) is 0 Å². The van der Waals surface area contributed by atoms with E-state index in [4.69, 9.17) is 14.2 Å². The molecule has 1 spiro atoms. The van der Waals surface area contributed by atoms with Gasteiger partial charge in [-0.1, -0.05) is 13.8 Å². The Bertz CT molecular complexity index is 292. The molecule has 4 nitrogen and oxygen atoms in total. The Kier molecular flexibility index (Phi) is 6.93. The van der Waals surface area contributed by atoms with Gasteiger partial charge in [-0.3, -0.25) is 0 Å². The van der Waals surface area contributed by atoms with Crippen LogP contribution in [0.25, 0.3) is 0 Å². The van der Waals surface area contributed by atoms with Crippen molar-refractivity contribution < 1.29 is 14.2 Å². The highest BCUT2D eigenvalue weighted by Crippen LogP contribution is 2.38. The van der Waals surface area contributed by atoms with Crippen LogP contribution in [0.3, 0.4) is 0 Å². The molecule has 2 saturated heterocycles. The van der Waals surface area contributed by atoms with Crippen molar-refractivity contribution in [1.82, 2.24) is 5.32 Å². The summed E-state index contributed by atoms with van der Waals surface area (Å²) < 4.78 is 17.7. The normalized spacial score (nSPS) is 32.4. The molecular formula is C17H33NO3. The van der Waals surface area contributed by atoms with Gasteiger partial charge < -0.3 is 19.5 Å². The molecule has 0 bridgehead atoms. The van der Waals surface area contributed by atoms with Gasteiger partial charge in [-0.15, -0.1) is 0 Å². The van der Waals surface area contributed by atoms with E-state index in [1.54, 1.807) is 0 Å². The maximum absolute atomic E-state index is 6.09. The fraction of sp³-hybridized carbons (Fsp3) is 1.00. The average molecular weight is 299 g/mol. The van der Waals surface area contributed by atoms with Gasteiger partial charge in [0.1, 0.15) is 0 Å². The first-order valence-corrected chi connectivity index (χ1v) is 8.81. The van der Waals surface area contributed by atoms with Crippen molar-refractivity contribution >= 4 is 0 Å². The second-order valence-electron chi connectivity index (χ2n) is 6.47. The first kappa shape index (κ1) is 17.2. The highest BCUT2D eigenvalue weighted by molar-refractivity contribution is 4.95. The van der Waals surface area contributed by atoms with Crippen LogP contribution in [0.2, 0.25) is 0 Å². The van der Waals surface area contributed by atoms with Crippen LogP contribution in [0.4, 0.5) is 0 Å². The number of hydrogen-bond donors (Lipinski definition) is 1. The average Bonchev–Trinajstić information content (AvgIpc) is 2.94. The monoisotopic (exact) mass is 299 g/mol. The van der Waals surface area contributed by atoms with E-state index in [-0.39, 0.29) is 5.60 Å². The third-order valence-electron chi connectivity index (χ3n) is 4.92. The highest BCUT2D eigenvalue weighted by Gasteiger charge is 2.44. The molecule has 0 aromatic carbocycles. The minimum absolute atomic E-state index is 0.0143. The SMILES string of the molecule is CCCNC(C1CCOC2(CCOC2)C1)C(CC)OCC. The Morgan fingerprint density at radius 1 is 1.29 bits per heavy atom. The van der Waals surface area contributed by atoms with Crippen LogP contribution in [0.15, 0.2) is 0 Å². The lowest BCUT2D eigenvalue weighted by atomic mass is 9.79. The van der Waals surface area contributed by atoms with E-state index in [2.05, 4.69) is 26.1 Å². The Morgan fingerprint density at radius 3 is 2.76 bits per heavy atom. The Hall–Kier alpha value is -0.160. The van der Waals surface area contributed by atoms with Crippen molar-refractivity contribution in [1.29, 1.82) is 0 Å². The summed E-state index contributed by atoms with van der Waals surface area (Å²) in [6.07, 6.45) is 5.83. The summed E-state index contributed by atoms with van der Waals surface area (Å²) in [5.74, 6) is 0.628. The minimum Gasteiger partial charge on any atom is -0.378 e. The second kappa shape index (κ2) is 8.47. The van der Waals surface area contributed by atoms with E-state index >= 15 is 0 Å². The van der Waals surface area contributed by atoms with Gasteiger partial charge in [-0.05, 0) is 45.1 Å². The molecule has 2 aliphatic heterocycles. The zero-order valence-electron chi connectivity index (χ0n) is 14.0. The zero-order valence-corrected chi connectivity index (χ0v) is 14.0. The van der Waals surface area contributed by atoms with Crippen LogP contribution < -0.4 is 5.32 Å². The maximum Gasteiger partial charge on any atom is 0.0939 e. The highest BCUT2D eigenvalue weighted by atomic mass is 16.6. The summed E-state index contributed by atoms with van der Waals surface area (Å²) in [6.45, 7) is 10.9. The second-order valence-corrected chi connectivity index (χ2v) is 6.47. The number of ether oxygens (including phenoxy) is 3. The van der Waals surface area contributed by atoms with E-state index < -0.39 is 0 Å². The van der Waals surface area contributed by atoms with Gasteiger partial charge >= 0.3 is 0 Å². The predicted molar refractivity (Wildman–Crippen MR) is 84.6 cm³/mol. The Balaban J connectivity index is 2.03. The summed E-state index contributed by atoms with van der Waals surface area (Å²) in [4.78, 5) is 0. The molecule has 2 heterocycles. The van der Waals surface area contributed by atoms with Crippen LogP contribution in [0.5, 0.6) is 0 Å². The van der Waals surface area contributed by atoms with Gasteiger partial charge in [0.15, 0.2) is 0 Å². The molecule has 0 aliphatic carbocycles. The van der Waals surface area contributed by atoms with Crippen LogP contribution in [0, 0.1) is 5.92 Å². The fourth-order valence-corrected chi connectivity index (χ4v) is 3.84. The molecule has 0 aromatic rings. The fourth-order valence-electron chi connectivity index (χ4n) is 3.84. The standard InChI is InChI=1S/C17H33NO3/c1-4-9-18-16(15(5-2)20-6-3)14-7-10-21-17(12-14)8-11-19-13-17/h14-16,18H,4-13H2,1-3H3. The topological polar surface area (TPSA) is 39.7 Å². The van der Waals surface area contributed by atoms with E-state index in [0.29, 0.717) is 18.1 Å². The number of hydrogen-bond acceptors (Lipinski definition) is 4. The van der Waals surface area contributed by atoms with Crippen LogP contribution >= 0.6 is 0 Å². The van der Waals surface area contributed by atoms with Crippen LogP contribution in [0.1, 0.15) is 52.9 Å². The molecule has 0 saturated carbocycles. The molecule has 0 radical (unpaired) electrons. The minimum atomic E-state index is -0.0143. The van der Waals surface area contributed by atoms with Gasteiger partial charge in [0.2, 0.25) is 0 Å². The summed E-state index contributed by atoms with van der Waals surface area (Å²) in [7, 11) is 0. The van der Waals surface area contributed by atoms with Crippen molar-refractivity contribution in [3.63, 3.8) is 0 Å². The first-order valence-electron chi connectivity index (χ1n) is 8.81. The Morgan fingerprint density at radius 2 is 2.14 bits per heavy atom. The lowest BCUT2D eigenvalue weighted by Crippen LogP contribution is -2.52. The van der Waals surface area contributed by atoms with Gasteiger partial charge in [0.25, 0.3) is 0 Å². The molecule has 2 aliphatic rings. The largest absolute Gasteiger partial charge is 0.378 e. The molecule has 124 valence electrons. The molecule has 4 unspecified atom stereocenters. The summed E-state index contributed by atoms with van der Waals surface area (Å²) >= 11 is 0. The van der Waals surface area contributed by atoms with Crippen LogP contribution in [-0.4, -0.2) is 50.7 Å². The predicted octanol–water partition coefficient (Wildman–Crippen LogP) is 2.76. The molecular weight excluding hydrogens is 266 g/mol. The third kappa shape index (κ3) is 4.41. The molecule has 0 amide bonds. The van der Waals surface area contributed by atoms with Gasteiger partial charge in [-0.25, -0.2) is 0 Å². The Labute approximate surface area is 129 Å². The van der Waals surface area contributed by atoms with Gasteiger partial charge in [-0.2, -0.15) is 0 Å². The molecule has 0 aromatic heterocycles. The lowest BCUT2D eigenvalue weighted by molar-refractivity contribution is -0.112. The summed E-state index contributed by atoms with van der Waals surface area (Å²) in [5.41, 5.74) is -0.0143. The molecule has 4 heteroatoms. The molecule has 4 atom stereocenters. The van der Waals surface area contributed by atoms with Gasteiger partial charge in [0.05, 0.1) is 18.3 Å². The van der Waals surface area contributed by atoms with E-state index in [1.807, 2.05) is 0 Å². The zero-order chi connectivity index (χ0) is 15.1. The molecule has 1 N–H and O–H groups in total. The summed E-state index contributed by atoms with van der Waals surface area (Å²) in [6, 6.07) is 0.441. The molecule has 2 fully saturated rings. The first-order chi connectivity index (χ1) is 10.2. The van der Waals surface area contributed by atoms with Crippen molar-refractivity contribution in [2.75, 3.05) is 33.0 Å². The van der Waals surface area contributed by atoms with Crippen molar-refractivity contribution in [3.8, 4) is 0 Å². The van der Waals surface area contributed by atoms with E-state index in [9.17, 15) is 0 Å². The maximum atomic E-state index is 6.09. The van der Waals surface area contributed by atoms with E-state index in [0.717, 1.165) is 65.1 Å². The smallest absolute Gasteiger partial charge is 0.0939 e. The van der Waals surface area contributed by atoms with Crippen molar-refractivity contribution in [2.24, 2.45) is 5.92 Å². The van der Waals surface area contributed by atoms with Crippen molar-refractivity contribution in [2.45, 2.75) is 70.6 Å². The molecule has 21 heavy (non-hydrogen) atoms. The number of rotatable bonds is 8. The third-order valence-corrected chi connectivity index (χ3v) is 4.92.